The lowest BCUT2D eigenvalue weighted by Crippen LogP contribution is -2.47. The van der Waals surface area contributed by atoms with Gasteiger partial charge in [-0.25, -0.2) is 4.79 Å². The summed E-state index contributed by atoms with van der Waals surface area (Å²) < 4.78 is 0. The van der Waals surface area contributed by atoms with Crippen molar-refractivity contribution in [3.05, 3.63) is 17.7 Å². The Balaban J connectivity index is 2.48. The minimum atomic E-state index is -1.01. The molecule has 0 radical (unpaired) electrons. The van der Waals surface area contributed by atoms with Gasteiger partial charge in [-0.2, -0.15) is 0 Å². The maximum Gasteiger partial charge on any atom is 0.324 e. The summed E-state index contributed by atoms with van der Waals surface area (Å²) in [5, 5.41) is 27.9. The van der Waals surface area contributed by atoms with Gasteiger partial charge in [0, 0.05) is 25.2 Å². The molecule has 2 rings (SSSR count). The van der Waals surface area contributed by atoms with Crippen molar-refractivity contribution in [2.75, 3.05) is 18.5 Å². The number of hydrogen-bond acceptors (Lipinski definition) is 4. The van der Waals surface area contributed by atoms with E-state index in [1.807, 2.05) is 0 Å². The molecule has 0 saturated heterocycles. The number of fused-ring (bicyclic) bond motifs is 1. The Hall–Kier alpha value is -2.44. The number of phenols is 2. The molecule has 1 aliphatic heterocycles. The molecule has 1 aromatic carbocycles. The number of aromatic hydroxyl groups is 2. The first-order chi connectivity index (χ1) is 9.32. The van der Waals surface area contributed by atoms with E-state index < -0.39 is 5.97 Å². The summed E-state index contributed by atoms with van der Waals surface area (Å²) in [7, 11) is 1.60. The number of carbonyl (C=O) groups is 2. The molecule has 0 aliphatic carbocycles. The number of rotatable bonds is 3. The number of urea groups is 1. The quantitative estimate of drug-likeness (QED) is 0.728. The first kappa shape index (κ1) is 14.0. The second-order valence-corrected chi connectivity index (χ2v) is 4.76. The SMILES string of the molecule is CC1c2cc(O)c(O)cc2N(CCC(=O)O)C(=O)N1C. The lowest BCUT2D eigenvalue weighted by atomic mass is 10.0. The highest BCUT2D eigenvalue weighted by Crippen LogP contribution is 2.41. The van der Waals surface area contributed by atoms with Gasteiger partial charge >= 0.3 is 12.0 Å². The third-order valence-corrected chi connectivity index (χ3v) is 3.53. The van der Waals surface area contributed by atoms with Crippen molar-refractivity contribution in [1.29, 1.82) is 0 Å². The number of aliphatic carboxylic acids is 1. The number of nitrogens with zero attached hydrogens (tertiary/aromatic N) is 2. The zero-order valence-corrected chi connectivity index (χ0v) is 11.2. The molecule has 0 aromatic heterocycles. The van der Waals surface area contributed by atoms with Gasteiger partial charge in [-0.05, 0) is 13.0 Å². The molecule has 0 fully saturated rings. The number of carboxylic acid groups (broad SMARTS) is 1. The van der Waals surface area contributed by atoms with Crippen LogP contribution in [-0.4, -0.2) is 45.8 Å². The van der Waals surface area contributed by atoms with Gasteiger partial charge in [-0.1, -0.05) is 0 Å². The van der Waals surface area contributed by atoms with Crippen molar-refractivity contribution in [2.45, 2.75) is 19.4 Å². The van der Waals surface area contributed by atoms with Gasteiger partial charge in [0.05, 0.1) is 18.2 Å². The maximum atomic E-state index is 12.2. The fraction of sp³-hybridized carbons (Fsp3) is 0.385. The van der Waals surface area contributed by atoms with E-state index in [1.165, 1.54) is 21.9 Å². The van der Waals surface area contributed by atoms with Crippen LogP contribution in [-0.2, 0) is 4.79 Å². The Kier molecular flexibility index (Phi) is 3.44. The van der Waals surface area contributed by atoms with Crippen LogP contribution in [0.2, 0.25) is 0 Å². The molecule has 1 heterocycles. The van der Waals surface area contributed by atoms with E-state index in [4.69, 9.17) is 5.11 Å². The predicted molar refractivity (Wildman–Crippen MR) is 70.9 cm³/mol. The first-order valence-corrected chi connectivity index (χ1v) is 6.15. The summed E-state index contributed by atoms with van der Waals surface area (Å²) in [5.74, 6) is -1.62. The molecule has 1 atom stereocenters. The monoisotopic (exact) mass is 280 g/mol. The lowest BCUT2D eigenvalue weighted by Gasteiger charge is -2.39. The van der Waals surface area contributed by atoms with Crippen LogP contribution in [0.5, 0.6) is 11.5 Å². The van der Waals surface area contributed by atoms with Crippen LogP contribution in [0.1, 0.15) is 24.9 Å². The molecule has 108 valence electrons. The van der Waals surface area contributed by atoms with Gasteiger partial charge < -0.3 is 20.2 Å². The summed E-state index contributed by atoms with van der Waals surface area (Å²) in [6.07, 6.45) is -0.199. The van der Waals surface area contributed by atoms with Crippen molar-refractivity contribution in [2.24, 2.45) is 0 Å². The number of benzene rings is 1. The van der Waals surface area contributed by atoms with E-state index in [-0.39, 0.29) is 36.5 Å². The highest BCUT2D eigenvalue weighted by molar-refractivity contribution is 5.96. The largest absolute Gasteiger partial charge is 0.504 e. The van der Waals surface area contributed by atoms with Gasteiger partial charge in [-0.15, -0.1) is 0 Å². The van der Waals surface area contributed by atoms with E-state index >= 15 is 0 Å². The van der Waals surface area contributed by atoms with Crippen molar-refractivity contribution < 1.29 is 24.9 Å². The molecular formula is C13H16N2O5. The van der Waals surface area contributed by atoms with E-state index in [0.717, 1.165) is 0 Å². The lowest BCUT2D eigenvalue weighted by molar-refractivity contribution is -0.136. The molecule has 20 heavy (non-hydrogen) atoms. The Morgan fingerprint density at radius 3 is 2.50 bits per heavy atom. The molecule has 7 heteroatoms. The topological polar surface area (TPSA) is 101 Å². The number of phenolic OH excluding ortho intramolecular Hbond substituents is 2. The third kappa shape index (κ3) is 2.22. The summed E-state index contributed by atoms with van der Waals surface area (Å²) in [6, 6.07) is 2.07. The number of carbonyl (C=O) groups excluding carboxylic acids is 1. The molecular weight excluding hydrogens is 264 g/mol. The van der Waals surface area contributed by atoms with Crippen molar-refractivity contribution in [3.8, 4) is 11.5 Å². The summed E-state index contributed by atoms with van der Waals surface area (Å²) in [5.41, 5.74) is 1.09. The molecule has 7 nitrogen and oxygen atoms in total. The molecule has 0 saturated carbocycles. The molecule has 0 spiro atoms. The Labute approximate surface area is 115 Å². The van der Waals surface area contributed by atoms with Gasteiger partial charge in [0.15, 0.2) is 11.5 Å². The predicted octanol–water partition coefficient (Wildman–Crippen LogP) is 1.51. The smallest absolute Gasteiger partial charge is 0.324 e. The fourth-order valence-corrected chi connectivity index (χ4v) is 2.24. The molecule has 3 N–H and O–H groups in total. The van der Waals surface area contributed by atoms with E-state index in [1.54, 1.807) is 14.0 Å². The summed E-state index contributed by atoms with van der Waals surface area (Å²) >= 11 is 0. The average molecular weight is 280 g/mol. The minimum Gasteiger partial charge on any atom is -0.504 e. The highest BCUT2D eigenvalue weighted by atomic mass is 16.4. The number of carboxylic acids is 1. The molecule has 1 aliphatic rings. The van der Waals surface area contributed by atoms with Gasteiger partial charge in [0.25, 0.3) is 0 Å². The van der Waals surface area contributed by atoms with Crippen LogP contribution < -0.4 is 4.90 Å². The van der Waals surface area contributed by atoms with Crippen LogP contribution in [0.4, 0.5) is 10.5 Å². The van der Waals surface area contributed by atoms with Crippen molar-refractivity contribution >= 4 is 17.7 Å². The second kappa shape index (κ2) is 4.92. The van der Waals surface area contributed by atoms with Gasteiger partial charge in [-0.3, -0.25) is 9.69 Å². The van der Waals surface area contributed by atoms with Crippen LogP contribution >= 0.6 is 0 Å². The summed E-state index contributed by atoms with van der Waals surface area (Å²) in [6.45, 7) is 1.80. The Morgan fingerprint density at radius 2 is 1.90 bits per heavy atom. The summed E-state index contributed by atoms with van der Waals surface area (Å²) in [4.78, 5) is 25.7. The zero-order chi connectivity index (χ0) is 15.0. The standard InChI is InChI=1S/C13H16N2O5/c1-7-8-5-10(16)11(17)6-9(8)15(4-3-12(18)19)13(20)14(7)2/h5-7,16-17H,3-4H2,1-2H3,(H,18,19). The van der Waals surface area contributed by atoms with Crippen LogP contribution in [0.25, 0.3) is 0 Å². The average Bonchev–Trinajstić information content (AvgIpc) is 2.38. The van der Waals surface area contributed by atoms with Crippen LogP contribution in [0.3, 0.4) is 0 Å². The van der Waals surface area contributed by atoms with Crippen LogP contribution in [0.15, 0.2) is 12.1 Å². The molecule has 0 bridgehead atoms. The number of amides is 2. The maximum absolute atomic E-state index is 12.2. The fourth-order valence-electron chi connectivity index (χ4n) is 2.24. The van der Waals surface area contributed by atoms with E-state index in [9.17, 15) is 19.8 Å². The molecule has 2 amide bonds. The van der Waals surface area contributed by atoms with Crippen molar-refractivity contribution in [3.63, 3.8) is 0 Å². The first-order valence-electron chi connectivity index (χ1n) is 6.15. The third-order valence-electron chi connectivity index (χ3n) is 3.53. The normalized spacial score (nSPS) is 18.1. The zero-order valence-electron chi connectivity index (χ0n) is 11.2. The van der Waals surface area contributed by atoms with E-state index in [0.29, 0.717) is 11.3 Å². The van der Waals surface area contributed by atoms with E-state index in [2.05, 4.69) is 0 Å². The number of hydrogen-bond donors (Lipinski definition) is 3. The number of anilines is 1. The van der Waals surface area contributed by atoms with Crippen molar-refractivity contribution in [1.82, 2.24) is 4.90 Å². The highest BCUT2D eigenvalue weighted by Gasteiger charge is 2.34. The second-order valence-electron chi connectivity index (χ2n) is 4.76. The Bertz CT molecular complexity index is 572. The van der Waals surface area contributed by atoms with Gasteiger partial charge in [0.1, 0.15) is 0 Å². The molecule has 1 unspecified atom stereocenters. The molecule has 1 aromatic rings. The Morgan fingerprint density at radius 1 is 1.30 bits per heavy atom. The van der Waals surface area contributed by atoms with Crippen LogP contribution in [0, 0.1) is 0 Å². The van der Waals surface area contributed by atoms with Gasteiger partial charge in [0.2, 0.25) is 0 Å². The minimum absolute atomic E-state index is 0.00242.